The molecule has 1 aromatic heterocycles. The maximum atomic E-state index is 12.6. The molecule has 2 rings (SSSR count). The Labute approximate surface area is 162 Å². The summed E-state index contributed by atoms with van der Waals surface area (Å²) in [5.41, 5.74) is 0. The molecule has 1 amide bonds. The molecule has 1 N–H and O–H groups in total. The monoisotopic (exact) mass is 419 g/mol. The van der Waals surface area contributed by atoms with Crippen LogP contribution in [0.15, 0.2) is 39.6 Å². The third kappa shape index (κ3) is 5.48. The average Bonchev–Trinajstić information content (AvgIpc) is 3.02. The molecule has 0 aliphatic heterocycles. The topological polar surface area (TPSA) is 85.6 Å². The molecule has 6 nitrogen and oxygen atoms in total. The van der Waals surface area contributed by atoms with Crippen molar-refractivity contribution in [3.63, 3.8) is 0 Å². The Balaban J connectivity index is 2.02. The Morgan fingerprint density at radius 2 is 1.88 bits per heavy atom. The van der Waals surface area contributed by atoms with Crippen LogP contribution in [0.1, 0.15) is 29.7 Å². The highest BCUT2D eigenvalue weighted by molar-refractivity contribution is 7.90. The molecule has 142 valence electrons. The average molecular weight is 420 g/mol. The first-order valence-electron chi connectivity index (χ1n) is 7.96. The second-order valence-electron chi connectivity index (χ2n) is 5.38. The van der Waals surface area contributed by atoms with E-state index in [4.69, 9.17) is 32.4 Å². The molecule has 2 aromatic rings. The molecule has 0 saturated heterocycles. The van der Waals surface area contributed by atoms with Gasteiger partial charge in [-0.3, -0.25) is 4.79 Å². The van der Waals surface area contributed by atoms with Gasteiger partial charge in [0.2, 0.25) is 0 Å². The first kappa shape index (κ1) is 20.8. The van der Waals surface area contributed by atoms with Crippen molar-refractivity contribution in [2.24, 2.45) is 0 Å². The van der Waals surface area contributed by atoms with Crippen LogP contribution in [-0.4, -0.2) is 34.1 Å². The van der Waals surface area contributed by atoms with Gasteiger partial charge in [0, 0.05) is 19.8 Å². The van der Waals surface area contributed by atoms with Crippen molar-refractivity contribution in [1.29, 1.82) is 0 Å². The van der Waals surface area contributed by atoms with Gasteiger partial charge in [-0.05, 0) is 37.6 Å². The summed E-state index contributed by atoms with van der Waals surface area (Å²) in [5.74, 6) is -0.702. The van der Waals surface area contributed by atoms with Crippen molar-refractivity contribution in [3.05, 3.63) is 51.9 Å². The summed E-state index contributed by atoms with van der Waals surface area (Å²) in [5, 5.41) is 2.76. The number of ether oxygens (including phenoxy) is 1. The van der Waals surface area contributed by atoms with Gasteiger partial charge >= 0.3 is 0 Å². The Morgan fingerprint density at radius 1 is 1.19 bits per heavy atom. The molecule has 1 heterocycles. The predicted molar refractivity (Wildman–Crippen MR) is 99.5 cm³/mol. The molecular formula is C17H19Cl2NO5S. The molecule has 0 bridgehead atoms. The molecule has 0 aliphatic carbocycles. The van der Waals surface area contributed by atoms with E-state index in [1.165, 1.54) is 24.3 Å². The Hall–Kier alpha value is -1.54. The van der Waals surface area contributed by atoms with Crippen molar-refractivity contribution in [3.8, 4) is 0 Å². The van der Waals surface area contributed by atoms with Crippen LogP contribution in [0.3, 0.4) is 0 Å². The zero-order valence-corrected chi connectivity index (χ0v) is 16.5. The Morgan fingerprint density at radius 3 is 2.54 bits per heavy atom. The highest BCUT2D eigenvalue weighted by Crippen LogP contribution is 2.31. The van der Waals surface area contributed by atoms with Crippen LogP contribution in [0.5, 0.6) is 0 Å². The number of nitrogens with one attached hydrogen (secondary N) is 1. The zero-order valence-electron chi connectivity index (χ0n) is 14.1. The molecule has 0 spiro atoms. The van der Waals surface area contributed by atoms with Gasteiger partial charge < -0.3 is 14.5 Å². The number of rotatable bonds is 9. The normalized spacial score (nSPS) is 11.5. The largest absolute Gasteiger partial charge is 0.455 e. The van der Waals surface area contributed by atoms with Crippen LogP contribution < -0.4 is 5.32 Å². The van der Waals surface area contributed by atoms with Gasteiger partial charge in [-0.1, -0.05) is 29.3 Å². The second-order valence-corrected chi connectivity index (χ2v) is 8.12. The summed E-state index contributed by atoms with van der Waals surface area (Å²) in [7, 11) is -3.82. The third-order valence-corrected chi connectivity index (χ3v) is 5.98. The fourth-order valence-corrected chi connectivity index (χ4v) is 4.73. The van der Waals surface area contributed by atoms with E-state index in [0.717, 1.165) is 0 Å². The fraction of sp³-hybridized carbons (Fsp3) is 0.353. The molecule has 0 aliphatic rings. The lowest BCUT2D eigenvalue weighted by molar-refractivity contribution is 0.0915. The number of furan rings is 1. The summed E-state index contributed by atoms with van der Waals surface area (Å²) >= 11 is 11.9. The minimum absolute atomic E-state index is 0.0383. The van der Waals surface area contributed by atoms with Gasteiger partial charge in [0.05, 0.1) is 10.0 Å². The van der Waals surface area contributed by atoms with E-state index in [9.17, 15) is 13.2 Å². The van der Waals surface area contributed by atoms with Crippen molar-refractivity contribution in [1.82, 2.24) is 5.32 Å². The summed E-state index contributed by atoms with van der Waals surface area (Å²) in [6.07, 6.45) is 0.673. The molecule has 0 atom stereocenters. The summed E-state index contributed by atoms with van der Waals surface area (Å²) in [4.78, 5) is 11.8. The number of carbonyl (C=O) groups excluding carboxylic acids is 1. The first-order chi connectivity index (χ1) is 12.3. The standard InChI is InChI=1S/C17H19Cl2NO5S/c1-2-24-10-4-9-20-17(21)15-8-7-12(25-15)11-26(22,23)16-13(18)5-3-6-14(16)19/h3,5-8H,2,4,9-11H2,1H3,(H,20,21). The Bertz CT molecular complexity index is 844. The number of carbonyl (C=O) groups is 1. The number of sulfone groups is 1. The van der Waals surface area contributed by atoms with Crippen LogP contribution in [0.25, 0.3) is 0 Å². The van der Waals surface area contributed by atoms with Crippen LogP contribution in [0, 0.1) is 0 Å². The zero-order chi connectivity index (χ0) is 19.2. The molecule has 0 saturated carbocycles. The van der Waals surface area contributed by atoms with Crippen LogP contribution in [0.2, 0.25) is 10.0 Å². The van der Waals surface area contributed by atoms with E-state index in [0.29, 0.717) is 26.2 Å². The van der Waals surface area contributed by atoms with Gasteiger partial charge in [-0.15, -0.1) is 0 Å². The van der Waals surface area contributed by atoms with Crippen molar-refractivity contribution in [2.45, 2.75) is 24.0 Å². The minimum Gasteiger partial charge on any atom is -0.455 e. The predicted octanol–water partition coefficient (Wildman–Crippen LogP) is 3.72. The number of benzene rings is 1. The lowest BCUT2D eigenvalue weighted by Crippen LogP contribution is -2.24. The molecule has 26 heavy (non-hydrogen) atoms. The van der Waals surface area contributed by atoms with Crippen LogP contribution in [0.4, 0.5) is 0 Å². The van der Waals surface area contributed by atoms with E-state index in [1.54, 1.807) is 6.07 Å². The first-order valence-corrected chi connectivity index (χ1v) is 10.4. The van der Waals surface area contributed by atoms with Gasteiger partial charge in [0.1, 0.15) is 16.4 Å². The summed E-state index contributed by atoms with van der Waals surface area (Å²) < 4.78 is 35.6. The Kier molecular flexibility index (Phi) is 7.52. The van der Waals surface area contributed by atoms with Crippen molar-refractivity contribution < 1.29 is 22.4 Å². The fourth-order valence-electron chi connectivity index (χ4n) is 2.22. The van der Waals surface area contributed by atoms with E-state index in [1.807, 2.05) is 6.92 Å². The van der Waals surface area contributed by atoms with Crippen LogP contribution >= 0.6 is 23.2 Å². The number of amides is 1. The molecule has 0 radical (unpaired) electrons. The third-order valence-electron chi connectivity index (χ3n) is 3.40. The smallest absolute Gasteiger partial charge is 0.286 e. The summed E-state index contributed by atoms with van der Waals surface area (Å²) in [6, 6.07) is 7.33. The van der Waals surface area contributed by atoms with Gasteiger partial charge in [-0.2, -0.15) is 0 Å². The quantitative estimate of drug-likeness (QED) is 0.625. The van der Waals surface area contributed by atoms with Gasteiger partial charge in [-0.25, -0.2) is 8.42 Å². The van der Waals surface area contributed by atoms with Crippen LogP contribution in [-0.2, 0) is 20.3 Å². The van der Waals surface area contributed by atoms with E-state index in [2.05, 4.69) is 5.32 Å². The lowest BCUT2D eigenvalue weighted by Gasteiger charge is -2.07. The lowest BCUT2D eigenvalue weighted by atomic mass is 10.4. The molecular weight excluding hydrogens is 401 g/mol. The number of hydrogen-bond acceptors (Lipinski definition) is 5. The van der Waals surface area contributed by atoms with E-state index >= 15 is 0 Å². The molecule has 0 unspecified atom stereocenters. The highest BCUT2D eigenvalue weighted by Gasteiger charge is 2.24. The van der Waals surface area contributed by atoms with Crippen molar-refractivity contribution >= 4 is 38.9 Å². The SMILES string of the molecule is CCOCCCNC(=O)c1ccc(CS(=O)(=O)c2c(Cl)cccc2Cl)o1. The maximum Gasteiger partial charge on any atom is 0.286 e. The maximum absolute atomic E-state index is 12.6. The second kappa shape index (κ2) is 9.41. The van der Waals surface area contributed by atoms with Gasteiger partial charge in [0.15, 0.2) is 15.6 Å². The molecule has 1 aromatic carbocycles. The molecule has 0 fully saturated rings. The van der Waals surface area contributed by atoms with Crippen molar-refractivity contribution in [2.75, 3.05) is 19.8 Å². The number of hydrogen-bond donors (Lipinski definition) is 1. The minimum atomic E-state index is -3.82. The summed E-state index contributed by atoms with van der Waals surface area (Å²) in [6.45, 7) is 3.51. The highest BCUT2D eigenvalue weighted by atomic mass is 35.5. The van der Waals surface area contributed by atoms with E-state index in [-0.39, 0.29) is 26.5 Å². The molecule has 9 heteroatoms. The number of halogens is 2. The van der Waals surface area contributed by atoms with Gasteiger partial charge in [0.25, 0.3) is 5.91 Å². The van der Waals surface area contributed by atoms with E-state index < -0.39 is 21.5 Å².